The van der Waals surface area contributed by atoms with Crippen LogP contribution in [0.4, 0.5) is 13.2 Å². The maximum Gasteiger partial charge on any atom is 0.401 e. The van der Waals surface area contributed by atoms with Gasteiger partial charge in [-0.2, -0.15) is 13.2 Å². The Labute approximate surface area is 125 Å². The summed E-state index contributed by atoms with van der Waals surface area (Å²) < 4.78 is 42.3. The second-order valence-electron chi connectivity index (χ2n) is 5.39. The van der Waals surface area contributed by atoms with Gasteiger partial charge in [-0.15, -0.1) is 0 Å². The van der Waals surface area contributed by atoms with Gasteiger partial charge < -0.3 is 10.1 Å². The molecule has 1 unspecified atom stereocenters. The Hall–Kier alpha value is -0.820. The van der Waals surface area contributed by atoms with Gasteiger partial charge in [-0.1, -0.05) is 13.8 Å². The van der Waals surface area contributed by atoms with E-state index in [1.807, 2.05) is 13.8 Å². The summed E-state index contributed by atoms with van der Waals surface area (Å²) >= 11 is 0. The van der Waals surface area contributed by atoms with Crippen molar-refractivity contribution in [3.63, 3.8) is 0 Å². The number of methoxy groups -OCH3 is 1. The van der Waals surface area contributed by atoms with Gasteiger partial charge in [0.2, 0.25) is 0 Å². The summed E-state index contributed by atoms with van der Waals surface area (Å²) in [5.74, 6) is -0.445. The second-order valence-corrected chi connectivity index (χ2v) is 5.39. The van der Waals surface area contributed by atoms with Gasteiger partial charge in [0, 0.05) is 6.54 Å². The first-order valence-electron chi connectivity index (χ1n) is 7.31. The fourth-order valence-corrected chi connectivity index (χ4v) is 2.11. The topological polar surface area (TPSA) is 41.6 Å². The number of nitrogens with zero attached hydrogens (tertiary/aromatic N) is 1. The third-order valence-electron chi connectivity index (χ3n) is 3.27. The van der Waals surface area contributed by atoms with Gasteiger partial charge in [-0.25, -0.2) is 0 Å². The largest absolute Gasteiger partial charge is 0.468 e. The summed E-state index contributed by atoms with van der Waals surface area (Å²) in [6.07, 6.45) is -2.50. The lowest BCUT2D eigenvalue weighted by molar-refractivity contribution is -0.150. The highest BCUT2D eigenvalue weighted by Gasteiger charge is 2.36. The zero-order valence-corrected chi connectivity index (χ0v) is 13.3. The van der Waals surface area contributed by atoms with E-state index in [4.69, 9.17) is 4.74 Å². The summed E-state index contributed by atoms with van der Waals surface area (Å²) in [5.41, 5.74) is -0.956. The summed E-state index contributed by atoms with van der Waals surface area (Å²) in [4.78, 5) is 13.2. The number of carbonyl (C=O) groups is 1. The molecule has 0 aliphatic carbocycles. The normalized spacial score (nSPS) is 15.0. The van der Waals surface area contributed by atoms with Gasteiger partial charge in [0.1, 0.15) is 5.54 Å². The van der Waals surface area contributed by atoms with Crippen LogP contribution >= 0.6 is 0 Å². The molecule has 1 N–H and O–H groups in total. The minimum atomic E-state index is -4.23. The zero-order valence-electron chi connectivity index (χ0n) is 13.3. The van der Waals surface area contributed by atoms with Crippen molar-refractivity contribution >= 4 is 5.97 Å². The molecule has 0 aliphatic heterocycles. The fourth-order valence-electron chi connectivity index (χ4n) is 2.11. The molecule has 0 bridgehead atoms. The van der Waals surface area contributed by atoms with Crippen molar-refractivity contribution in [1.29, 1.82) is 0 Å². The highest BCUT2D eigenvalue weighted by Crippen LogP contribution is 2.19. The molecule has 0 radical (unpaired) electrons. The van der Waals surface area contributed by atoms with Crippen LogP contribution in [-0.4, -0.2) is 55.9 Å². The van der Waals surface area contributed by atoms with E-state index < -0.39 is 24.2 Å². The summed E-state index contributed by atoms with van der Waals surface area (Å²) in [6, 6.07) is 0. The molecule has 0 aromatic carbocycles. The van der Waals surface area contributed by atoms with Crippen molar-refractivity contribution < 1.29 is 22.7 Å². The van der Waals surface area contributed by atoms with Crippen molar-refractivity contribution in [1.82, 2.24) is 10.2 Å². The maximum absolute atomic E-state index is 12.5. The van der Waals surface area contributed by atoms with Gasteiger partial charge >= 0.3 is 12.1 Å². The first kappa shape index (κ1) is 20.2. The molecule has 0 saturated carbocycles. The minimum absolute atomic E-state index is 0.190. The van der Waals surface area contributed by atoms with Crippen LogP contribution in [-0.2, 0) is 9.53 Å². The Bertz CT molecular complexity index is 311. The van der Waals surface area contributed by atoms with Crippen molar-refractivity contribution in [3.05, 3.63) is 0 Å². The third kappa shape index (κ3) is 8.26. The molecule has 0 aromatic rings. The first-order valence-corrected chi connectivity index (χ1v) is 7.31. The molecule has 7 heteroatoms. The predicted octanol–water partition coefficient (Wildman–Crippen LogP) is 2.58. The molecule has 1 atom stereocenters. The van der Waals surface area contributed by atoms with E-state index in [1.54, 1.807) is 6.92 Å². The highest BCUT2D eigenvalue weighted by molar-refractivity contribution is 5.80. The van der Waals surface area contributed by atoms with Gasteiger partial charge in [-0.05, 0) is 39.3 Å². The Morgan fingerprint density at radius 3 is 2.24 bits per heavy atom. The number of hydrogen-bond acceptors (Lipinski definition) is 4. The Morgan fingerprint density at radius 2 is 1.81 bits per heavy atom. The Morgan fingerprint density at radius 1 is 1.19 bits per heavy atom. The highest BCUT2D eigenvalue weighted by atomic mass is 19.4. The second kappa shape index (κ2) is 9.25. The van der Waals surface area contributed by atoms with Crippen molar-refractivity contribution in [2.45, 2.75) is 51.7 Å². The van der Waals surface area contributed by atoms with E-state index in [2.05, 4.69) is 5.32 Å². The number of hydrogen-bond donors (Lipinski definition) is 1. The first-order chi connectivity index (χ1) is 9.68. The molecular weight excluding hydrogens is 285 g/mol. The van der Waals surface area contributed by atoms with Crippen LogP contribution in [0.3, 0.4) is 0 Å². The SMILES string of the molecule is CCCNC(C)(CCN(CCC)CC(F)(F)F)C(=O)OC. The lowest BCUT2D eigenvalue weighted by Crippen LogP contribution is -2.52. The summed E-state index contributed by atoms with van der Waals surface area (Å²) in [5, 5.41) is 3.07. The van der Waals surface area contributed by atoms with Crippen LogP contribution in [0.2, 0.25) is 0 Å². The van der Waals surface area contributed by atoms with E-state index in [-0.39, 0.29) is 13.0 Å². The van der Waals surface area contributed by atoms with Gasteiger partial charge in [0.25, 0.3) is 0 Å². The lowest BCUT2D eigenvalue weighted by atomic mass is 9.97. The average molecular weight is 312 g/mol. The molecular formula is C14H27F3N2O2. The molecule has 126 valence electrons. The van der Waals surface area contributed by atoms with Gasteiger partial charge in [0.15, 0.2) is 0 Å². The molecule has 0 saturated heterocycles. The van der Waals surface area contributed by atoms with Crippen LogP contribution < -0.4 is 5.32 Å². The lowest BCUT2D eigenvalue weighted by Gasteiger charge is -2.31. The molecule has 0 fully saturated rings. The predicted molar refractivity (Wildman–Crippen MR) is 76.1 cm³/mol. The van der Waals surface area contributed by atoms with Crippen LogP contribution in [0, 0.1) is 0 Å². The zero-order chi connectivity index (χ0) is 16.5. The molecule has 0 heterocycles. The van der Waals surface area contributed by atoms with Gasteiger partial charge in [-0.3, -0.25) is 9.69 Å². The van der Waals surface area contributed by atoms with Crippen molar-refractivity contribution in [3.8, 4) is 0 Å². The fraction of sp³-hybridized carbons (Fsp3) is 0.929. The van der Waals surface area contributed by atoms with Crippen LogP contribution in [0.5, 0.6) is 0 Å². The number of halogens is 3. The number of esters is 1. The van der Waals surface area contributed by atoms with Gasteiger partial charge in [0.05, 0.1) is 13.7 Å². The Balaban J connectivity index is 4.70. The average Bonchev–Trinajstić information content (AvgIpc) is 2.40. The van der Waals surface area contributed by atoms with Crippen LogP contribution in [0.25, 0.3) is 0 Å². The van der Waals surface area contributed by atoms with E-state index >= 15 is 0 Å². The maximum atomic E-state index is 12.5. The molecule has 0 rings (SSSR count). The van der Waals surface area contributed by atoms with Crippen molar-refractivity contribution in [2.75, 3.05) is 33.3 Å². The number of alkyl halides is 3. The van der Waals surface area contributed by atoms with E-state index in [9.17, 15) is 18.0 Å². The van der Waals surface area contributed by atoms with E-state index in [1.165, 1.54) is 12.0 Å². The number of carbonyl (C=O) groups excluding carboxylic acids is 1. The molecule has 0 aromatic heterocycles. The van der Waals surface area contributed by atoms with Crippen LogP contribution in [0.1, 0.15) is 40.0 Å². The van der Waals surface area contributed by atoms with E-state index in [0.717, 1.165) is 6.42 Å². The van der Waals surface area contributed by atoms with Crippen molar-refractivity contribution in [2.24, 2.45) is 0 Å². The quantitative estimate of drug-likeness (QED) is 0.630. The Kier molecular flexibility index (Phi) is 8.89. The molecule has 4 nitrogen and oxygen atoms in total. The molecule has 0 aliphatic rings. The summed E-state index contributed by atoms with van der Waals surface area (Å²) in [7, 11) is 1.29. The number of rotatable bonds is 10. The minimum Gasteiger partial charge on any atom is -0.468 e. The number of ether oxygens (including phenoxy) is 1. The number of nitrogens with one attached hydrogen (secondary N) is 1. The third-order valence-corrected chi connectivity index (χ3v) is 3.27. The van der Waals surface area contributed by atoms with E-state index in [0.29, 0.717) is 19.5 Å². The summed E-state index contributed by atoms with van der Waals surface area (Å²) in [6.45, 7) is 5.66. The molecule has 0 spiro atoms. The molecule has 0 amide bonds. The molecule has 21 heavy (non-hydrogen) atoms. The smallest absolute Gasteiger partial charge is 0.401 e. The standard InChI is InChI=1S/C14H27F3N2O2/c1-5-8-18-13(3,12(20)21-4)7-10-19(9-6-2)11-14(15,16)17/h18H,5-11H2,1-4H3. The monoisotopic (exact) mass is 312 g/mol. The van der Waals surface area contributed by atoms with Crippen LogP contribution in [0.15, 0.2) is 0 Å².